The molecule has 2 heterocycles. The molecule has 2 N–H and O–H groups in total. The van der Waals surface area contributed by atoms with Crippen LogP contribution in [-0.2, 0) is 17.6 Å². The topological polar surface area (TPSA) is 78.0 Å². The van der Waals surface area contributed by atoms with E-state index in [9.17, 15) is 9.59 Å². The number of amides is 1. The molecular formula is C14H17N3O2S. The van der Waals surface area contributed by atoms with Gasteiger partial charge in [0.1, 0.15) is 10.9 Å². The Labute approximate surface area is 120 Å². The Balaban J connectivity index is 2.25. The van der Waals surface area contributed by atoms with Crippen LogP contribution < -0.4 is 11.3 Å². The lowest BCUT2D eigenvalue weighted by atomic mass is 10.0. The van der Waals surface area contributed by atoms with Crippen molar-refractivity contribution in [2.75, 3.05) is 0 Å². The van der Waals surface area contributed by atoms with Gasteiger partial charge in [0.05, 0.1) is 11.7 Å². The van der Waals surface area contributed by atoms with Crippen LogP contribution in [0.25, 0.3) is 10.2 Å². The number of aromatic nitrogens is 2. The van der Waals surface area contributed by atoms with Crippen molar-refractivity contribution >= 4 is 27.5 Å². The number of primary amides is 1. The molecule has 3 rings (SSSR count). The van der Waals surface area contributed by atoms with Gasteiger partial charge in [-0.15, -0.1) is 11.3 Å². The first-order valence-electron chi connectivity index (χ1n) is 6.81. The van der Waals surface area contributed by atoms with Gasteiger partial charge in [-0.25, -0.2) is 4.98 Å². The summed E-state index contributed by atoms with van der Waals surface area (Å²) >= 11 is 1.60. The molecule has 1 aliphatic rings. The minimum Gasteiger partial charge on any atom is -0.368 e. The van der Waals surface area contributed by atoms with Crippen LogP contribution in [0.3, 0.4) is 0 Å². The quantitative estimate of drug-likeness (QED) is 0.933. The van der Waals surface area contributed by atoms with Crippen molar-refractivity contribution in [1.82, 2.24) is 9.55 Å². The van der Waals surface area contributed by atoms with Crippen molar-refractivity contribution < 1.29 is 4.79 Å². The van der Waals surface area contributed by atoms with Crippen LogP contribution in [0.5, 0.6) is 0 Å². The fraction of sp³-hybridized carbons (Fsp3) is 0.500. The monoisotopic (exact) mass is 291 g/mol. The smallest absolute Gasteiger partial charge is 0.263 e. The summed E-state index contributed by atoms with van der Waals surface area (Å²) in [7, 11) is 0. The summed E-state index contributed by atoms with van der Waals surface area (Å²) in [4.78, 5) is 30.8. The first-order valence-corrected chi connectivity index (χ1v) is 7.63. The number of carbonyl (C=O) groups excluding carboxylic acids is 1. The number of hydrogen-bond donors (Lipinski definition) is 1. The Morgan fingerprint density at radius 3 is 2.85 bits per heavy atom. The molecule has 0 aliphatic heterocycles. The average molecular weight is 291 g/mol. The Bertz CT molecular complexity index is 745. The SMILES string of the molecule is CC(C)[C@@H](C(N)=O)n1cnc2sc3c(c2c1=O)CCC3. The number of nitrogens with two attached hydrogens (primary N) is 1. The van der Waals surface area contributed by atoms with Gasteiger partial charge >= 0.3 is 0 Å². The Morgan fingerprint density at radius 2 is 2.20 bits per heavy atom. The predicted molar refractivity (Wildman–Crippen MR) is 79.0 cm³/mol. The molecule has 0 aromatic carbocycles. The highest BCUT2D eigenvalue weighted by Crippen LogP contribution is 2.34. The van der Waals surface area contributed by atoms with Gasteiger partial charge in [0.15, 0.2) is 0 Å². The molecular weight excluding hydrogens is 274 g/mol. The molecule has 20 heavy (non-hydrogen) atoms. The summed E-state index contributed by atoms with van der Waals surface area (Å²) in [6.45, 7) is 3.76. The zero-order valence-corrected chi connectivity index (χ0v) is 12.4. The molecule has 0 saturated heterocycles. The number of hydrogen-bond acceptors (Lipinski definition) is 4. The number of rotatable bonds is 3. The highest BCUT2D eigenvalue weighted by atomic mass is 32.1. The lowest BCUT2D eigenvalue weighted by Crippen LogP contribution is -2.37. The molecule has 6 heteroatoms. The molecule has 0 radical (unpaired) electrons. The van der Waals surface area contributed by atoms with Gasteiger partial charge in [-0.3, -0.25) is 14.2 Å². The second-order valence-corrected chi connectivity index (χ2v) is 6.67. The average Bonchev–Trinajstić information content (AvgIpc) is 2.91. The molecule has 0 fully saturated rings. The maximum atomic E-state index is 12.7. The standard InChI is InChI=1S/C14H17N3O2S/c1-7(2)11(12(15)18)17-6-16-13-10(14(17)19)8-4-3-5-9(8)20-13/h6-7,11H,3-5H2,1-2H3,(H2,15,18)/t11-/m0/s1. The van der Waals surface area contributed by atoms with Crippen LogP contribution in [0.15, 0.2) is 11.1 Å². The van der Waals surface area contributed by atoms with Crippen molar-refractivity contribution in [3.05, 3.63) is 27.1 Å². The van der Waals surface area contributed by atoms with E-state index in [0.29, 0.717) is 5.39 Å². The van der Waals surface area contributed by atoms with E-state index >= 15 is 0 Å². The van der Waals surface area contributed by atoms with E-state index in [1.54, 1.807) is 11.3 Å². The zero-order chi connectivity index (χ0) is 14.4. The Kier molecular flexibility index (Phi) is 3.12. The minimum absolute atomic E-state index is 0.0452. The molecule has 2 aromatic rings. The second-order valence-electron chi connectivity index (χ2n) is 5.59. The lowest BCUT2D eigenvalue weighted by Gasteiger charge is -2.19. The fourth-order valence-electron chi connectivity index (χ4n) is 2.98. The first kappa shape index (κ1) is 13.3. The van der Waals surface area contributed by atoms with E-state index in [-0.39, 0.29) is 11.5 Å². The number of aryl methyl sites for hydroxylation is 2. The van der Waals surface area contributed by atoms with E-state index in [4.69, 9.17) is 5.73 Å². The van der Waals surface area contributed by atoms with Crippen molar-refractivity contribution in [2.45, 2.75) is 39.2 Å². The number of nitrogens with zero attached hydrogens (tertiary/aromatic N) is 2. The van der Waals surface area contributed by atoms with E-state index in [1.165, 1.54) is 15.8 Å². The van der Waals surface area contributed by atoms with E-state index in [2.05, 4.69) is 4.98 Å². The van der Waals surface area contributed by atoms with Gasteiger partial charge in [0.2, 0.25) is 5.91 Å². The third kappa shape index (κ3) is 1.86. The van der Waals surface area contributed by atoms with Gasteiger partial charge in [-0.2, -0.15) is 0 Å². The maximum absolute atomic E-state index is 12.7. The van der Waals surface area contributed by atoms with E-state index in [0.717, 1.165) is 29.7 Å². The predicted octanol–water partition coefficient (Wildman–Crippen LogP) is 1.63. The summed E-state index contributed by atoms with van der Waals surface area (Å²) in [5.74, 6) is -0.536. The summed E-state index contributed by atoms with van der Waals surface area (Å²) in [6.07, 6.45) is 4.51. The summed E-state index contributed by atoms with van der Waals surface area (Å²) in [5.41, 5.74) is 6.44. The highest BCUT2D eigenvalue weighted by molar-refractivity contribution is 7.18. The number of thiophene rings is 1. The summed E-state index contributed by atoms with van der Waals surface area (Å²) in [5, 5.41) is 0.692. The third-order valence-electron chi connectivity index (χ3n) is 3.87. The van der Waals surface area contributed by atoms with Gasteiger partial charge in [-0.05, 0) is 30.7 Å². The first-order chi connectivity index (χ1) is 9.50. The molecule has 0 bridgehead atoms. The van der Waals surface area contributed by atoms with Crippen LogP contribution in [0, 0.1) is 5.92 Å². The van der Waals surface area contributed by atoms with Gasteiger partial charge in [-0.1, -0.05) is 13.8 Å². The van der Waals surface area contributed by atoms with Crippen molar-refractivity contribution in [2.24, 2.45) is 11.7 Å². The maximum Gasteiger partial charge on any atom is 0.263 e. The molecule has 1 atom stereocenters. The molecule has 0 unspecified atom stereocenters. The third-order valence-corrected chi connectivity index (χ3v) is 5.07. The summed E-state index contributed by atoms with van der Waals surface area (Å²) < 4.78 is 1.40. The molecule has 5 nitrogen and oxygen atoms in total. The van der Waals surface area contributed by atoms with Crippen LogP contribution in [0.2, 0.25) is 0 Å². The van der Waals surface area contributed by atoms with Crippen molar-refractivity contribution in [3.8, 4) is 0 Å². The molecule has 0 saturated carbocycles. The number of fused-ring (bicyclic) bond motifs is 3. The summed E-state index contributed by atoms with van der Waals surface area (Å²) in [6, 6.07) is -0.642. The van der Waals surface area contributed by atoms with Crippen LogP contribution >= 0.6 is 11.3 Å². The normalized spacial score (nSPS) is 15.8. The zero-order valence-electron chi connectivity index (χ0n) is 11.5. The molecule has 1 aliphatic carbocycles. The van der Waals surface area contributed by atoms with E-state index in [1.807, 2.05) is 13.8 Å². The molecule has 1 amide bonds. The Morgan fingerprint density at radius 1 is 1.45 bits per heavy atom. The van der Waals surface area contributed by atoms with Crippen LogP contribution in [0.1, 0.15) is 36.8 Å². The van der Waals surface area contributed by atoms with Gasteiger partial charge in [0, 0.05) is 4.88 Å². The number of carbonyl (C=O) groups is 1. The molecule has 106 valence electrons. The molecule has 0 spiro atoms. The minimum atomic E-state index is -0.642. The largest absolute Gasteiger partial charge is 0.368 e. The van der Waals surface area contributed by atoms with Crippen molar-refractivity contribution in [3.63, 3.8) is 0 Å². The fourth-order valence-corrected chi connectivity index (χ4v) is 4.20. The second kappa shape index (κ2) is 4.70. The molecule has 2 aromatic heterocycles. The highest BCUT2D eigenvalue weighted by Gasteiger charge is 2.26. The van der Waals surface area contributed by atoms with Crippen LogP contribution in [0.4, 0.5) is 0 Å². The van der Waals surface area contributed by atoms with Gasteiger partial charge < -0.3 is 5.73 Å². The van der Waals surface area contributed by atoms with Gasteiger partial charge in [0.25, 0.3) is 5.56 Å². The Hall–Kier alpha value is -1.69. The van der Waals surface area contributed by atoms with E-state index < -0.39 is 11.9 Å². The lowest BCUT2D eigenvalue weighted by molar-refractivity contribution is -0.122. The van der Waals surface area contributed by atoms with Crippen molar-refractivity contribution in [1.29, 1.82) is 0 Å². The van der Waals surface area contributed by atoms with Crippen LogP contribution in [-0.4, -0.2) is 15.5 Å².